The molecule has 7 heteroatoms. The van der Waals surface area contributed by atoms with Crippen molar-refractivity contribution in [3.8, 4) is 5.75 Å². The molecule has 4 aromatic rings. The first-order valence-corrected chi connectivity index (χ1v) is 10.3. The van der Waals surface area contributed by atoms with E-state index in [1.54, 1.807) is 31.4 Å². The molecule has 5 rings (SSSR count). The van der Waals surface area contributed by atoms with E-state index in [4.69, 9.17) is 9.15 Å². The summed E-state index contributed by atoms with van der Waals surface area (Å²) >= 11 is 0. The van der Waals surface area contributed by atoms with E-state index >= 15 is 0 Å². The smallest absolute Gasteiger partial charge is 0.420 e. The molecule has 1 aromatic heterocycles. The zero-order valence-corrected chi connectivity index (χ0v) is 17.5. The summed E-state index contributed by atoms with van der Waals surface area (Å²) in [6.45, 7) is -0.154. The molecule has 0 saturated carbocycles. The number of methoxy groups -OCH3 is 1. The third-order valence-corrected chi connectivity index (χ3v) is 5.64. The second-order valence-corrected chi connectivity index (χ2v) is 7.57. The monoisotopic (exact) mass is 427 g/mol. The van der Waals surface area contributed by atoms with E-state index in [9.17, 15) is 9.59 Å². The third kappa shape index (κ3) is 3.58. The molecule has 0 fully saturated rings. The van der Waals surface area contributed by atoms with Crippen molar-refractivity contribution in [1.29, 1.82) is 0 Å². The lowest BCUT2D eigenvalue weighted by Gasteiger charge is -2.22. The highest BCUT2D eigenvalue weighted by Crippen LogP contribution is 2.33. The summed E-state index contributed by atoms with van der Waals surface area (Å²) in [4.78, 5) is 25.7. The van der Waals surface area contributed by atoms with Crippen LogP contribution < -0.4 is 10.5 Å². The van der Waals surface area contributed by atoms with Gasteiger partial charge in [-0.1, -0.05) is 42.5 Å². The van der Waals surface area contributed by atoms with Crippen molar-refractivity contribution in [1.82, 2.24) is 9.58 Å². The SMILES string of the molecule is COc1ccc(C2=NN(C(=O)Cn3c(=O)oc4ccccc43)C(c3ccccc3)C2)cc1. The molecule has 1 atom stereocenters. The molecule has 7 nitrogen and oxygen atoms in total. The second-order valence-electron chi connectivity index (χ2n) is 7.57. The van der Waals surface area contributed by atoms with Crippen LogP contribution in [0.1, 0.15) is 23.6 Å². The van der Waals surface area contributed by atoms with Gasteiger partial charge in [0.25, 0.3) is 5.91 Å². The fraction of sp³-hybridized carbons (Fsp3) is 0.160. The first kappa shape index (κ1) is 19.8. The molecule has 0 aliphatic carbocycles. The van der Waals surface area contributed by atoms with Gasteiger partial charge >= 0.3 is 5.76 Å². The Kier molecular flexibility index (Phi) is 5.07. The molecule has 0 N–H and O–H groups in total. The number of hydrogen-bond acceptors (Lipinski definition) is 5. The number of benzene rings is 3. The largest absolute Gasteiger partial charge is 0.497 e. The fourth-order valence-electron chi connectivity index (χ4n) is 4.00. The van der Waals surface area contributed by atoms with Crippen LogP contribution in [0.25, 0.3) is 11.1 Å². The Morgan fingerprint density at radius 3 is 2.50 bits per heavy atom. The Morgan fingerprint density at radius 1 is 1.03 bits per heavy atom. The lowest BCUT2D eigenvalue weighted by Crippen LogP contribution is -2.32. The molecule has 0 bridgehead atoms. The van der Waals surface area contributed by atoms with Gasteiger partial charge in [0, 0.05) is 6.42 Å². The summed E-state index contributed by atoms with van der Waals surface area (Å²) in [6, 6.07) is 24.2. The minimum Gasteiger partial charge on any atom is -0.497 e. The number of fused-ring (bicyclic) bond motifs is 1. The number of nitrogens with zero attached hydrogens (tertiary/aromatic N) is 3. The van der Waals surface area contributed by atoms with Gasteiger partial charge in [0.1, 0.15) is 12.3 Å². The summed E-state index contributed by atoms with van der Waals surface area (Å²) in [7, 11) is 1.62. The maximum absolute atomic E-state index is 13.4. The average Bonchev–Trinajstić information content (AvgIpc) is 3.42. The predicted octanol–water partition coefficient (Wildman–Crippen LogP) is 3.98. The van der Waals surface area contributed by atoms with Crippen molar-refractivity contribution in [3.63, 3.8) is 0 Å². The zero-order chi connectivity index (χ0) is 22.1. The number of amides is 1. The number of carbonyl (C=O) groups excluding carboxylic acids is 1. The van der Waals surface area contributed by atoms with Crippen LogP contribution in [-0.4, -0.2) is 28.3 Å². The van der Waals surface area contributed by atoms with Gasteiger partial charge in [0.05, 0.1) is 24.4 Å². The lowest BCUT2D eigenvalue weighted by atomic mass is 9.98. The van der Waals surface area contributed by atoms with Gasteiger partial charge in [0.15, 0.2) is 5.58 Å². The Balaban J connectivity index is 1.50. The second kappa shape index (κ2) is 8.19. The quantitative estimate of drug-likeness (QED) is 0.483. The molecule has 160 valence electrons. The van der Waals surface area contributed by atoms with E-state index in [0.29, 0.717) is 17.5 Å². The highest BCUT2D eigenvalue weighted by Gasteiger charge is 2.33. The highest BCUT2D eigenvalue weighted by atomic mass is 16.5. The maximum Gasteiger partial charge on any atom is 0.420 e. The van der Waals surface area contributed by atoms with Gasteiger partial charge in [0.2, 0.25) is 0 Å². The zero-order valence-electron chi connectivity index (χ0n) is 17.5. The van der Waals surface area contributed by atoms with Crippen molar-refractivity contribution in [3.05, 3.63) is 101 Å². The number of ether oxygens (including phenoxy) is 1. The van der Waals surface area contributed by atoms with Crippen molar-refractivity contribution in [2.75, 3.05) is 7.11 Å². The number of para-hydroxylation sites is 2. The Morgan fingerprint density at radius 2 is 1.75 bits per heavy atom. The number of aromatic nitrogens is 1. The summed E-state index contributed by atoms with van der Waals surface area (Å²) < 4.78 is 11.9. The van der Waals surface area contributed by atoms with Gasteiger partial charge in [-0.2, -0.15) is 5.10 Å². The Labute approximate surface area is 184 Å². The first-order chi connectivity index (χ1) is 15.6. The molecule has 0 radical (unpaired) electrons. The van der Waals surface area contributed by atoms with E-state index in [1.807, 2.05) is 54.6 Å². The highest BCUT2D eigenvalue weighted by molar-refractivity contribution is 6.03. The van der Waals surface area contributed by atoms with Crippen LogP contribution in [0.5, 0.6) is 5.75 Å². The Hall–Kier alpha value is -4.13. The normalized spacial score (nSPS) is 15.7. The van der Waals surface area contributed by atoms with E-state index in [2.05, 4.69) is 5.10 Å². The molecule has 32 heavy (non-hydrogen) atoms. The molecular formula is C25H21N3O4. The molecule has 1 unspecified atom stereocenters. The molecule has 0 spiro atoms. The number of carbonyl (C=O) groups is 1. The van der Waals surface area contributed by atoms with Crippen molar-refractivity contribution >= 4 is 22.7 Å². The third-order valence-electron chi connectivity index (χ3n) is 5.64. The van der Waals surface area contributed by atoms with Gasteiger partial charge in [-0.05, 0) is 47.5 Å². The number of hydrogen-bond donors (Lipinski definition) is 0. The molecule has 0 saturated heterocycles. The van der Waals surface area contributed by atoms with E-state index in [1.165, 1.54) is 9.58 Å². The molecule has 1 amide bonds. The van der Waals surface area contributed by atoms with Crippen molar-refractivity contribution in [2.45, 2.75) is 19.0 Å². The van der Waals surface area contributed by atoms with Crippen LogP contribution in [-0.2, 0) is 11.3 Å². The van der Waals surface area contributed by atoms with Gasteiger partial charge in [-0.25, -0.2) is 9.80 Å². The van der Waals surface area contributed by atoms with E-state index < -0.39 is 5.76 Å². The number of oxazole rings is 1. The number of hydrazone groups is 1. The van der Waals surface area contributed by atoms with Crippen LogP contribution in [0.15, 0.2) is 93.2 Å². The van der Waals surface area contributed by atoms with Crippen LogP contribution in [0.4, 0.5) is 0 Å². The van der Waals surface area contributed by atoms with Crippen LogP contribution in [0.3, 0.4) is 0 Å². The van der Waals surface area contributed by atoms with Crippen molar-refractivity contribution in [2.24, 2.45) is 5.10 Å². The molecule has 1 aliphatic heterocycles. The van der Waals surface area contributed by atoms with Crippen LogP contribution in [0.2, 0.25) is 0 Å². The van der Waals surface area contributed by atoms with Gasteiger partial charge in [-0.15, -0.1) is 0 Å². The average molecular weight is 427 g/mol. The predicted molar refractivity (Wildman–Crippen MR) is 121 cm³/mol. The van der Waals surface area contributed by atoms with Crippen LogP contribution >= 0.6 is 0 Å². The van der Waals surface area contributed by atoms with Crippen LogP contribution in [0, 0.1) is 0 Å². The molecule has 1 aliphatic rings. The Bertz CT molecular complexity index is 1350. The molecular weight excluding hydrogens is 406 g/mol. The molecule has 3 aromatic carbocycles. The standard InChI is InChI=1S/C25H21N3O4/c1-31-19-13-11-17(12-14-19)20-15-22(18-7-3-2-4-8-18)28(26-20)24(29)16-27-21-9-5-6-10-23(21)32-25(27)30/h2-14,22H,15-16H2,1H3. The maximum atomic E-state index is 13.4. The van der Waals surface area contributed by atoms with E-state index in [0.717, 1.165) is 22.6 Å². The topological polar surface area (TPSA) is 77.0 Å². The van der Waals surface area contributed by atoms with Gasteiger partial charge in [-0.3, -0.25) is 9.36 Å². The molecule has 2 heterocycles. The van der Waals surface area contributed by atoms with Crippen molar-refractivity contribution < 1.29 is 13.9 Å². The first-order valence-electron chi connectivity index (χ1n) is 10.3. The fourth-order valence-corrected chi connectivity index (χ4v) is 4.00. The summed E-state index contributed by atoms with van der Waals surface area (Å²) in [5.41, 5.74) is 3.75. The minimum atomic E-state index is -0.561. The number of rotatable bonds is 5. The summed E-state index contributed by atoms with van der Waals surface area (Å²) in [5, 5.41) is 6.16. The summed E-state index contributed by atoms with van der Waals surface area (Å²) in [6.07, 6.45) is 0.573. The van der Waals surface area contributed by atoms with Gasteiger partial charge < -0.3 is 9.15 Å². The minimum absolute atomic E-state index is 0.154. The summed E-state index contributed by atoms with van der Waals surface area (Å²) in [5.74, 6) is -0.0866. The lowest BCUT2D eigenvalue weighted by molar-refractivity contribution is -0.133. The van der Waals surface area contributed by atoms with E-state index in [-0.39, 0.29) is 18.5 Å².